The van der Waals surface area contributed by atoms with Crippen molar-refractivity contribution >= 4 is 34.0 Å². The lowest BCUT2D eigenvalue weighted by Gasteiger charge is -2.13. The van der Waals surface area contributed by atoms with E-state index in [2.05, 4.69) is 37.8 Å². The highest BCUT2D eigenvalue weighted by atomic mass is 79.9. The van der Waals surface area contributed by atoms with Crippen molar-refractivity contribution in [1.82, 2.24) is 10.7 Å². The van der Waals surface area contributed by atoms with Crippen LogP contribution in [0.1, 0.15) is 40.9 Å². The predicted molar refractivity (Wildman–Crippen MR) is 140 cm³/mol. The largest absolute Gasteiger partial charge is 0.490 e. The van der Waals surface area contributed by atoms with E-state index in [0.29, 0.717) is 34.7 Å². The highest BCUT2D eigenvalue weighted by Gasteiger charge is 2.17. The van der Waals surface area contributed by atoms with E-state index in [0.717, 1.165) is 11.1 Å². The number of aryl methyl sites for hydroxylation is 1. The highest BCUT2D eigenvalue weighted by molar-refractivity contribution is 9.10. The van der Waals surface area contributed by atoms with E-state index in [1.165, 1.54) is 11.8 Å². The zero-order valence-corrected chi connectivity index (χ0v) is 21.5. The average molecular weight is 538 g/mol. The van der Waals surface area contributed by atoms with Crippen molar-refractivity contribution < 1.29 is 19.1 Å². The van der Waals surface area contributed by atoms with Crippen LogP contribution in [0.5, 0.6) is 11.5 Å². The summed E-state index contributed by atoms with van der Waals surface area (Å²) < 4.78 is 12.3. The third kappa shape index (κ3) is 7.68. The Hall–Kier alpha value is -3.65. The fraction of sp³-hybridized carbons (Fsp3) is 0.222. The van der Waals surface area contributed by atoms with Crippen LogP contribution in [0.4, 0.5) is 0 Å². The van der Waals surface area contributed by atoms with Gasteiger partial charge in [0, 0.05) is 4.47 Å². The van der Waals surface area contributed by atoms with Gasteiger partial charge in [-0.2, -0.15) is 5.10 Å². The molecule has 0 aromatic heterocycles. The number of carbonyl (C=O) groups is 2. The van der Waals surface area contributed by atoms with Gasteiger partial charge in [0.2, 0.25) is 0 Å². The molecule has 0 aliphatic heterocycles. The summed E-state index contributed by atoms with van der Waals surface area (Å²) in [6, 6.07) is 19.8. The van der Waals surface area contributed by atoms with E-state index in [9.17, 15) is 9.59 Å². The molecule has 0 bridgehead atoms. The number of hydrogen-bond acceptors (Lipinski definition) is 5. The maximum atomic E-state index is 12.4. The maximum Gasteiger partial charge on any atom is 0.262 e. The molecule has 3 rings (SSSR count). The van der Waals surface area contributed by atoms with E-state index in [-0.39, 0.29) is 5.91 Å². The molecule has 0 spiro atoms. The second-order valence-corrected chi connectivity index (χ2v) is 8.68. The second kappa shape index (κ2) is 12.7. The van der Waals surface area contributed by atoms with E-state index in [1.54, 1.807) is 31.2 Å². The number of carbonyl (C=O) groups excluding carboxylic acids is 2. The van der Waals surface area contributed by atoms with Crippen LogP contribution in [0.2, 0.25) is 0 Å². The zero-order chi connectivity index (χ0) is 25.2. The molecule has 35 heavy (non-hydrogen) atoms. The topological polar surface area (TPSA) is 89.0 Å². The monoisotopic (exact) mass is 537 g/mol. The summed E-state index contributed by atoms with van der Waals surface area (Å²) in [6.45, 7) is 6.43. The molecule has 1 atom stereocenters. The van der Waals surface area contributed by atoms with Crippen LogP contribution >= 0.6 is 15.9 Å². The number of halogens is 1. The second-order valence-electron chi connectivity index (χ2n) is 7.83. The van der Waals surface area contributed by atoms with Crippen LogP contribution in [0, 0.1) is 6.92 Å². The van der Waals surface area contributed by atoms with Gasteiger partial charge in [0.15, 0.2) is 11.5 Å². The summed E-state index contributed by atoms with van der Waals surface area (Å²) >= 11 is 3.33. The van der Waals surface area contributed by atoms with Crippen LogP contribution in [-0.4, -0.2) is 30.7 Å². The fourth-order valence-corrected chi connectivity index (χ4v) is 3.67. The van der Waals surface area contributed by atoms with Crippen LogP contribution in [0.25, 0.3) is 0 Å². The Balaban J connectivity index is 1.58. The highest BCUT2D eigenvalue weighted by Crippen LogP contribution is 2.29. The molecule has 8 heteroatoms. The normalized spacial score (nSPS) is 11.7. The molecule has 3 aromatic carbocycles. The van der Waals surface area contributed by atoms with Gasteiger partial charge >= 0.3 is 0 Å². The SMILES string of the molecule is CCOc1cc(C=NNC(=O)C(C)NC(=O)c2ccccc2Br)ccc1OCc1cccc(C)c1. The third-order valence-electron chi connectivity index (χ3n) is 4.99. The number of hydrogen-bond donors (Lipinski definition) is 2. The number of amides is 2. The Morgan fingerprint density at radius 1 is 1.03 bits per heavy atom. The molecule has 0 radical (unpaired) electrons. The zero-order valence-electron chi connectivity index (χ0n) is 19.9. The third-order valence-corrected chi connectivity index (χ3v) is 5.68. The summed E-state index contributed by atoms with van der Waals surface area (Å²) in [6.07, 6.45) is 1.51. The van der Waals surface area contributed by atoms with E-state index >= 15 is 0 Å². The number of benzene rings is 3. The standard InChI is InChI=1S/C27H28BrN3O4/c1-4-34-25-15-20(12-13-24(25)35-17-21-9-7-8-18(2)14-21)16-29-31-26(32)19(3)30-27(33)22-10-5-6-11-23(22)28/h5-16,19H,4,17H2,1-3H3,(H,30,33)(H,31,32). The average Bonchev–Trinajstić information content (AvgIpc) is 2.84. The number of nitrogens with one attached hydrogen (secondary N) is 2. The molecule has 2 amide bonds. The molecule has 3 aromatic rings. The molecule has 0 aliphatic carbocycles. The van der Waals surface area contributed by atoms with Crippen molar-refractivity contribution in [2.45, 2.75) is 33.4 Å². The Morgan fingerprint density at radius 2 is 1.83 bits per heavy atom. The Labute approximate surface area is 213 Å². The molecule has 0 fully saturated rings. The molecular formula is C27H28BrN3O4. The first-order valence-electron chi connectivity index (χ1n) is 11.2. The van der Waals surface area contributed by atoms with Gasteiger partial charge in [-0.1, -0.05) is 42.0 Å². The van der Waals surface area contributed by atoms with Crippen molar-refractivity contribution in [1.29, 1.82) is 0 Å². The molecule has 0 saturated carbocycles. The predicted octanol–water partition coefficient (Wildman–Crippen LogP) is 5.00. The van der Waals surface area contributed by atoms with Crippen molar-refractivity contribution in [3.05, 3.63) is 93.5 Å². The molecule has 182 valence electrons. The van der Waals surface area contributed by atoms with Gasteiger partial charge in [-0.25, -0.2) is 5.43 Å². The molecule has 0 heterocycles. The van der Waals surface area contributed by atoms with Gasteiger partial charge in [-0.05, 0) is 78.2 Å². The molecule has 2 N–H and O–H groups in total. The minimum Gasteiger partial charge on any atom is -0.490 e. The maximum absolute atomic E-state index is 12.4. The molecular weight excluding hydrogens is 510 g/mol. The summed E-state index contributed by atoms with van der Waals surface area (Å²) in [7, 11) is 0. The van der Waals surface area contributed by atoms with Crippen LogP contribution in [0.3, 0.4) is 0 Å². The quantitative estimate of drug-likeness (QED) is 0.281. The van der Waals surface area contributed by atoms with Crippen molar-refractivity contribution in [2.24, 2.45) is 5.10 Å². The van der Waals surface area contributed by atoms with Gasteiger partial charge in [-0.15, -0.1) is 0 Å². The van der Waals surface area contributed by atoms with Crippen LogP contribution in [0.15, 0.2) is 76.3 Å². The number of nitrogens with zero attached hydrogens (tertiary/aromatic N) is 1. The number of rotatable bonds is 10. The fourth-order valence-electron chi connectivity index (χ4n) is 3.21. The summed E-state index contributed by atoms with van der Waals surface area (Å²) in [4.78, 5) is 24.7. The molecule has 0 aliphatic rings. The van der Waals surface area contributed by atoms with E-state index in [4.69, 9.17) is 9.47 Å². The lowest BCUT2D eigenvalue weighted by Crippen LogP contribution is -2.43. The molecule has 1 unspecified atom stereocenters. The van der Waals surface area contributed by atoms with Crippen LogP contribution < -0.4 is 20.2 Å². The Bertz CT molecular complexity index is 1210. The van der Waals surface area contributed by atoms with Gasteiger partial charge in [0.05, 0.1) is 18.4 Å². The van der Waals surface area contributed by atoms with E-state index in [1.807, 2.05) is 50.2 Å². The van der Waals surface area contributed by atoms with Gasteiger partial charge in [0.1, 0.15) is 12.6 Å². The van der Waals surface area contributed by atoms with Gasteiger partial charge in [0.25, 0.3) is 11.8 Å². The molecule has 0 saturated heterocycles. The van der Waals surface area contributed by atoms with E-state index < -0.39 is 11.9 Å². The summed E-state index contributed by atoms with van der Waals surface area (Å²) in [5.74, 6) is 0.416. The summed E-state index contributed by atoms with van der Waals surface area (Å²) in [5, 5.41) is 6.67. The van der Waals surface area contributed by atoms with Crippen molar-refractivity contribution in [3.8, 4) is 11.5 Å². The lowest BCUT2D eigenvalue weighted by atomic mass is 10.1. The van der Waals surface area contributed by atoms with Gasteiger partial charge in [-0.3, -0.25) is 9.59 Å². The lowest BCUT2D eigenvalue weighted by molar-refractivity contribution is -0.122. The Morgan fingerprint density at radius 3 is 2.57 bits per heavy atom. The first-order valence-corrected chi connectivity index (χ1v) is 12.0. The minimum atomic E-state index is -0.775. The number of ether oxygens (including phenoxy) is 2. The molecule has 7 nitrogen and oxygen atoms in total. The first kappa shape index (κ1) is 26.0. The van der Waals surface area contributed by atoms with Crippen molar-refractivity contribution in [3.63, 3.8) is 0 Å². The number of hydrazone groups is 1. The Kier molecular flexibility index (Phi) is 9.43. The first-order chi connectivity index (χ1) is 16.9. The smallest absolute Gasteiger partial charge is 0.262 e. The minimum absolute atomic E-state index is 0.355. The summed E-state index contributed by atoms with van der Waals surface area (Å²) in [5.41, 5.74) is 5.87. The van der Waals surface area contributed by atoms with Gasteiger partial charge < -0.3 is 14.8 Å². The van der Waals surface area contributed by atoms with Crippen LogP contribution in [-0.2, 0) is 11.4 Å². The van der Waals surface area contributed by atoms with Crippen molar-refractivity contribution in [2.75, 3.05) is 6.61 Å².